The highest BCUT2D eigenvalue weighted by atomic mass is 16.3. The quantitative estimate of drug-likeness (QED) is 0.119. The molecule has 1 N–H and O–H groups in total. The number of aliphatic hydroxyl groups is 1. The summed E-state index contributed by atoms with van der Waals surface area (Å²) in [5, 5.41) is 10.2. The van der Waals surface area contributed by atoms with Gasteiger partial charge in [0, 0.05) is 0 Å². The Balaban J connectivity index is 3.16. The van der Waals surface area contributed by atoms with Gasteiger partial charge < -0.3 is 5.11 Å². The SMILES string of the molecule is CC(C)CCCCCCCCCCCCCC(O)CCCCCCCCCCCCC(C)C. The normalized spacial score (nSPS) is 12.8. The van der Waals surface area contributed by atoms with E-state index >= 15 is 0 Å². The van der Waals surface area contributed by atoms with E-state index in [1.165, 1.54) is 148 Å². The fraction of sp³-hybridized carbons (Fsp3) is 1.00. The van der Waals surface area contributed by atoms with E-state index in [0.29, 0.717) is 0 Å². The molecule has 0 rings (SSSR count). The summed E-state index contributed by atoms with van der Waals surface area (Å²) in [4.78, 5) is 0. The molecule has 1 unspecified atom stereocenters. The number of unbranched alkanes of at least 4 members (excludes halogenated alkanes) is 19. The van der Waals surface area contributed by atoms with Gasteiger partial charge in [0.25, 0.3) is 0 Å². The average molecular weight is 467 g/mol. The summed E-state index contributed by atoms with van der Waals surface area (Å²) < 4.78 is 0. The smallest absolute Gasteiger partial charge is 0.0540 e. The van der Waals surface area contributed by atoms with E-state index in [1.54, 1.807) is 0 Å². The standard InChI is InChI=1S/C32H66O/c1-30(2)26-22-18-14-10-6-5-7-12-16-20-24-28-32(33)29-25-21-17-13-9-8-11-15-19-23-27-31(3)4/h30-33H,5-29H2,1-4H3. The number of rotatable bonds is 27. The molecule has 0 aliphatic carbocycles. The highest BCUT2D eigenvalue weighted by Gasteiger charge is 2.04. The van der Waals surface area contributed by atoms with Gasteiger partial charge in [-0.1, -0.05) is 175 Å². The van der Waals surface area contributed by atoms with Crippen molar-refractivity contribution in [3.8, 4) is 0 Å². The second-order valence-corrected chi connectivity index (χ2v) is 12.0. The Labute approximate surface area is 211 Å². The van der Waals surface area contributed by atoms with Crippen molar-refractivity contribution in [2.75, 3.05) is 0 Å². The van der Waals surface area contributed by atoms with Crippen molar-refractivity contribution in [3.05, 3.63) is 0 Å². The Morgan fingerprint density at radius 1 is 0.303 bits per heavy atom. The summed E-state index contributed by atoms with van der Waals surface area (Å²) in [5.74, 6) is 1.76. The van der Waals surface area contributed by atoms with E-state index in [9.17, 15) is 5.11 Å². The van der Waals surface area contributed by atoms with Gasteiger partial charge in [-0.15, -0.1) is 0 Å². The maximum atomic E-state index is 10.2. The summed E-state index contributed by atoms with van der Waals surface area (Å²) in [6.45, 7) is 9.33. The van der Waals surface area contributed by atoms with Crippen LogP contribution < -0.4 is 0 Å². The lowest BCUT2D eigenvalue weighted by molar-refractivity contribution is 0.147. The van der Waals surface area contributed by atoms with Crippen LogP contribution in [-0.4, -0.2) is 11.2 Å². The third-order valence-electron chi connectivity index (χ3n) is 7.39. The van der Waals surface area contributed by atoms with Crippen molar-refractivity contribution in [2.24, 2.45) is 11.8 Å². The molecule has 0 saturated carbocycles. The largest absolute Gasteiger partial charge is 0.393 e. The lowest BCUT2D eigenvalue weighted by Gasteiger charge is -2.10. The van der Waals surface area contributed by atoms with Crippen LogP contribution >= 0.6 is 0 Å². The van der Waals surface area contributed by atoms with Gasteiger partial charge in [0.15, 0.2) is 0 Å². The zero-order valence-corrected chi connectivity index (χ0v) is 23.9. The molecule has 1 atom stereocenters. The first kappa shape index (κ1) is 33.0. The van der Waals surface area contributed by atoms with Crippen molar-refractivity contribution in [2.45, 2.75) is 194 Å². The van der Waals surface area contributed by atoms with Crippen molar-refractivity contribution in [1.82, 2.24) is 0 Å². The molecule has 0 radical (unpaired) electrons. The van der Waals surface area contributed by atoms with Gasteiger partial charge in [0.05, 0.1) is 6.10 Å². The Bertz CT molecular complexity index is 348. The van der Waals surface area contributed by atoms with E-state index in [2.05, 4.69) is 27.7 Å². The second-order valence-electron chi connectivity index (χ2n) is 12.0. The van der Waals surface area contributed by atoms with Crippen LogP contribution in [0.25, 0.3) is 0 Å². The molecule has 0 aliphatic rings. The second kappa shape index (κ2) is 26.6. The van der Waals surface area contributed by atoms with Crippen LogP contribution in [0.4, 0.5) is 0 Å². The molecule has 0 heterocycles. The Hall–Kier alpha value is -0.0400. The topological polar surface area (TPSA) is 20.2 Å². The van der Waals surface area contributed by atoms with Crippen molar-refractivity contribution >= 4 is 0 Å². The molecule has 0 amide bonds. The fourth-order valence-corrected chi connectivity index (χ4v) is 5.01. The van der Waals surface area contributed by atoms with Crippen LogP contribution in [-0.2, 0) is 0 Å². The Morgan fingerprint density at radius 3 is 0.697 bits per heavy atom. The van der Waals surface area contributed by atoms with E-state index in [4.69, 9.17) is 0 Å². The highest BCUT2D eigenvalue weighted by Crippen LogP contribution is 2.17. The van der Waals surface area contributed by atoms with Crippen LogP contribution in [0.3, 0.4) is 0 Å². The van der Waals surface area contributed by atoms with Gasteiger partial charge in [-0.05, 0) is 24.7 Å². The highest BCUT2D eigenvalue weighted by molar-refractivity contribution is 4.58. The predicted octanol–water partition coefficient (Wildman–Crippen LogP) is 11.4. The summed E-state index contributed by atoms with van der Waals surface area (Å²) in [6.07, 6.45) is 34.2. The van der Waals surface area contributed by atoms with Crippen LogP contribution in [0.5, 0.6) is 0 Å². The molecule has 1 nitrogen and oxygen atoms in total. The Kier molecular flexibility index (Phi) is 26.5. The molecule has 0 aromatic rings. The van der Waals surface area contributed by atoms with Crippen LogP contribution in [0.1, 0.15) is 188 Å². The van der Waals surface area contributed by atoms with E-state index in [-0.39, 0.29) is 6.10 Å². The molecule has 33 heavy (non-hydrogen) atoms. The molecule has 0 saturated heterocycles. The van der Waals surface area contributed by atoms with Gasteiger partial charge >= 0.3 is 0 Å². The predicted molar refractivity (Wildman–Crippen MR) is 151 cm³/mol. The van der Waals surface area contributed by atoms with Gasteiger partial charge in [-0.2, -0.15) is 0 Å². The summed E-state index contributed by atoms with van der Waals surface area (Å²) in [5.41, 5.74) is 0. The first-order valence-corrected chi connectivity index (χ1v) is 15.7. The van der Waals surface area contributed by atoms with E-state index in [1.807, 2.05) is 0 Å². The zero-order chi connectivity index (χ0) is 24.4. The maximum Gasteiger partial charge on any atom is 0.0540 e. The molecule has 1 heteroatoms. The number of hydrogen-bond donors (Lipinski definition) is 1. The summed E-state index contributed by atoms with van der Waals surface area (Å²) in [7, 11) is 0. The van der Waals surface area contributed by atoms with Crippen molar-refractivity contribution in [3.63, 3.8) is 0 Å². The van der Waals surface area contributed by atoms with E-state index < -0.39 is 0 Å². The maximum absolute atomic E-state index is 10.2. The monoisotopic (exact) mass is 467 g/mol. The molecule has 0 spiro atoms. The lowest BCUT2D eigenvalue weighted by atomic mass is 10.0. The third-order valence-corrected chi connectivity index (χ3v) is 7.39. The van der Waals surface area contributed by atoms with Crippen molar-refractivity contribution < 1.29 is 5.11 Å². The van der Waals surface area contributed by atoms with Crippen molar-refractivity contribution in [1.29, 1.82) is 0 Å². The average Bonchev–Trinajstić information content (AvgIpc) is 2.77. The third kappa shape index (κ3) is 29.9. The molecule has 0 aromatic heterocycles. The summed E-state index contributed by atoms with van der Waals surface area (Å²) >= 11 is 0. The lowest BCUT2D eigenvalue weighted by Crippen LogP contribution is -2.05. The molecular formula is C32H66O. The van der Waals surface area contributed by atoms with Gasteiger partial charge in [-0.25, -0.2) is 0 Å². The molecule has 0 aliphatic heterocycles. The Morgan fingerprint density at radius 2 is 0.485 bits per heavy atom. The minimum absolute atomic E-state index is 0.0356. The minimum Gasteiger partial charge on any atom is -0.393 e. The molecule has 200 valence electrons. The van der Waals surface area contributed by atoms with Gasteiger partial charge in [0.1, 0.15) is 0 Å². The van der Waals surface area contributed by atoms with Gasteiger partial charge in [-0.3, -0.25) is 0 Å². The number of aliphatic hydroxyl groups excluding tert-OH is 1. The molecular weight excluding hydrogens is 400 g/mol. The first-order chi connectivity index (χ1) is 16.0. The van der Waals surface area contributed by atoms with Crippen LogP contribution in [0.2, 0.25) is 0 Å². The van der Waals surface area contributed by atoms with E-state index in [0.717, 1.165) is 24.7 Å². The first-order valence-electron chi connectivity index (χ1n) is 15.7. The zero-order valence-electron chi connectivity index (χ0n) is 23.9. The van der Waals surface area contributed by atoms with Gasteiger partial charge in [0.2, 0.25) is 0 Å². The summed E-state index contributed by atoms with van der Waals surface area (Å²) in [6, 6.07) is 0. The minimum atomic E-state index is -0.0356. The van der Waals surface area contributed by atoms with Crippen LogP contribution in [0, 0.1) is 11.8 Å². The van der Waals surface area contributed by atoms with Crippen LogP contribution in [0.15, 0.2) is 0 Å². The fourth-order valence-electron chi connectivity index (χ4n) is 5.01. The molecule has 0 bridgehead atoms. The number of hydrogen-bond acceptors (Lipinski definition) is 1. The molecule has 0 aromatic carbocycles. The molecule has 0 fully saturated rings.